The maximum atomic E-state index is 12.6. The monoisotopic (exact) mass is 463 g/mol. The first-order valence-electron chi connectivity index (χ1n) is 11.0. The molecule has 2 aromatic carbocycles. The van der Waals surface area contributed by atoms with Crippen molar-refractivity contribution in [3.05, 3.63) is 71.6 Å². The first-order chi connectivity index (χ1) is 16.4. The summed E-state index contributed by atoms with van der Waals surface area (Å²) in [6, 6.07) is 12.4. The molecule has 1 amide bonds. The Morgan fingerprint density at radius 2 is 1.85 bits per heavy atom. The van der Waals surface area contributed by atoms with E-state index in [1.165, 1.54) is 6.08 Å². The van der Waals surface area contributed by atoms with Crippen LogP contribution in [0.1, 0.15) is 35.5 Å². The molecule has 34 heavy (non-hydrogen) atoms. The van der Waals surface area contributed by atoms with E-state index in [1.807, 2.05) is 26.8 Å². The zero-order chi connectivity index (χ0) is 24.5. The maximum Gasteiger partial charge on any atom is 0.262 e. The topological polar surface area (TPSA) is 91.7 Å². The molecule has 0 aliphatic heterocycles. The predicted octanol–water partition coefficient (Wildman–Crippen LogP) is 4.53. The van der Waals surface area contributed by atoms with Crippen LogP contribution < -0.4 is 19.5 Å². The van der Waals surface area contributed by atoms with E-state index in [0.29, 0.717) is 47.3 Å². The summed E-state index contributed by atoms with van der Waals surface area (Å²) < 4.78 is 18.4. The molecule has 8 nitrogen and oxygen atoms in total. The molecule has 178 valence electrons. The molecule has 1 aromatic heterocycles. The van der Waals surface area contributed by atoms with Gasteiger partial charge in [-0.15, -0.1) is 0 Å². The van der Waals surface area contributed by atoms with Gasteiger partial charge in [0.25, 0.3) is 5.91 Å². The minimum Gasteiger partial charge on any atom is -0.495 e. The van der Waals surface area contributed by atoms with Crippen molar-refractivity contribution in [1.29, 1.82) is 0 Å². The number of anilines is 1. The summed E-state index contributed by atoms with van der Waals surface area (Å²) in [5, 5.41) is 7.08. The molecule has 0 unspecified atom stereocenters. The summed E-state index contributed by atoms with van der Waals surface area (Å²) in [7, 11) is 1.54. The number of aromatic nitrogens is 2. The van der Waals surface area contributed by atoms with Gasteiger partial charge < -0.3 is 19.5 Å². The minimum atomic E-state index is -0.329. The van der Waals surface area contributed by atoms with Gasteiger partial charge in [-0.25, -0.2) is 0 Å². The molecule has 1 N–H and O–H groups in total. The lowest BCUT2D eigenvalue weighted by Gasteiger charge is -2.13. The predicted molar refractivity (Wildman–Crippen MR) is 131 cm³/mol. The van der Waals surface area contributed by atoms with Crippen LogP contribution >= 0.6 is 0 Å². The number of benzene rings is 2. The number of amides is 1. The van der Waals surface area contributed by atoms with Gasteiger partial charge in [0, 0.05) is 12.7 Å². The van der Waals surface area contributed by atoms with Crippen LogP contribution in [-0.2, 0) is 11.3 Å². The van der Waals surface area contributed by atoms with Gasteiger partial charge in [-0.05, 0) is 56.7 Å². The number of methoxy groups -OCH3 is 1. The molecule has 0 fully saturated rings. The lowest BCUT2D eigenvalue weighted by atomic mass is 10.1. The van der Waals surface area contributed by atoms with Crippen molar-refractivity contribution < 1.29 is 23.8 Å². The number of carbonyl (C=O) groups is 2. The second-order valence-electron chi connectivity index (χ2n) is 7.36. The summed E-state index contributed by atoms with van der Waals surface area (Å²) in [6.07, 6.45) is 4.97. The molecule has 0 aliphatic rings. The van der Waals surface area contributed by atoms with Crippen molar-refractivity contribution in [1.82, 2.24) is 9.78 Å². The molecule has 0 saturated heterocycles. The van der Waals surface area contributed by atoms with Crippen molar-refractivity contribution in [2.45, 2.75) is 27.3 Å². The van der Waals surface area contributed by atoms with E-state index in [2.05, 4.69) is 10.4 Å². The molecule has 8 heteroatoms. The van der Waals surface area contributed by atoms with Gasteiger partial charge in [0.2, 0.25) is 0 Å². The molecule has 0 atom stereocenters. The highest BCUT2D eigenvalue weighted by Gasteiger charge is 2.12. The van der Waals surface area contributed by atoms with E-state index >= 15 is 0 Å². The number of aryl methyl sites for hydroxylation is 2. The molecule has 0 bridgehead atoms. The van der Waals surface area contributed by atoms with Gasteiger partial charge in [-0.2, -0.15) is 5.10 Å². The Morgan fingerprint density at radius 1 is 1.06 bits per heavy atom. The Bertz CT molecular complexity index is 1180. The van der Waals surface area contributed by atoms with Crippen molar-refractivity contribution >= 4 is 23.5 Å². The highest BCUT2D eigenvalue weighted by atomic mass is 16.5. The van der Waals surface area contributed by atoms with Crippen molar-refractivity contribution in [3.8, 4) is 17.2 Å². The van der Waals surface area contributed by atoms with E-state index < -0.39 is 0 Å². The summed E-state index contributed by atoms with van der Waals surface area (Å²) in [5.41, 5.74) is 2.60. The fourth-order valence-corrected chi connectivity index (χ4v) is 3.28. The standard InChI is InChI=1S/C26H29N3O5/c1-5-29-16-20(18(3)28-29)22(30)13-11-19-12-14-24(25(15-19)33-6-2)34-17-26(31)27-21-9-7-8-10-23(21)32-4/h7-16H,5-6,17H2,1-4H3,(H,27,31)/b13-11+. The average Bonchev–Trinajstić information content (AvgIpc) is 3.23. The van der Waals surface area contributed by atoms with Gasteiger partial charge in [0.05, 0.1) is 30.7 Å². The van der Waals surface area contributed by atoms with Crippen molar-refractivity contribution in [2.24, 2.45) is 0 Å². The molecule has 0 saturated carbocycles. The number of ether oxygens (including phenoxy) is 3. The number of allylic oxidation sites excluding steroid dienone is 1. The highest BCUT2D eigenvalue weighted by Crippen LogP contribution is 2.29. The van der Waals surface area contributed by atoms with Crippen LogP contribution in [0.2, 0.25) is 0 Å². The Balaban J connectivity index is 1.67. The fraction of sp³-hybridized carbons (Fsp3) is 0.269. The first kappa shape index (κ1) is 24.6. The number of hydrogen-bond acceptors (Lipinski definition) is 6. The number of hydrogen-bond donors (Lipinski definition) is 1. The summed E-state index contributed by atoms with van der Waals surface area (Å²) in [6.45, 7) is 6.57. The van der Waals surface area contributed by atoms with Crippen molar-refractivity contribution in [2.75, 3.05) is 25.6 Å². The SMILES string of the molecule is CCOc1cc(/C=C/C(=O)c2cn(CC)nc2C)ccc1OCC(=O)Nc1ccccc1OC. The number of ketones is 1. The molecule has 0 radical (unpaired) electrons. The average molecular weight is 464 g/mol. The third kappa shape index (κ3) is 6.25. The maximum absolute atomic E-state index is 12.6. The Morgan fingerprint density at radius 3 is 2.56 bits per heavy atom. The van der Waals surface area contributed by atoms with Crippen LogP contribution in [0, 0.1) is 6.92 Å². The molecule has 3 aromatic rings. The number of carbonyl (C=O) groups excluding carboxylic acids is 2. The summed E-state index contributed by atoms with van der Waals surface area (Å²) in [4.78, 5) is 24.9. The van der Waals surface area contributed by atoms with E-state index in [1.54, 1.807) is 60.5 Å². The van der Waals surface area contributed by atoms with Gasteiger partial charge in [-0.3, -0.25) is 14.3 Å². The zero-order valence-corrected chi connectivity index (χ0v) is 19.8. The van der Waals surface area contributed by atoms with Crippen LogP contribution in [0.4, 0.5) is 5.69 Å². The van der Waals surface area contributed by atoms with Crippen LogP contribution in [0.15, 0.2) is 54.7 Å². The molecular formula is C26H29N3O5. The molecule has 3 rings (SSSR count). The number of rotatable bonds is 11. The largest absolute Gasteiger partial charge is 0.495 e. The highest BCUT2D eigenvalue weighted by molar-refractivity contribution is 6.07. The minimum absolute atomic E-state index is 0.122. The van der Waals surface area contributed by atoms with Crippen LogP contribution in [0.3, 0.4) is 0 Å². The second-order valence-corrected chi connectivity index (χ2v) is 7.36. The fourth-order valence-electron chi connectivity index (χ4n) is 3.28. The Labute approximate surface area is 199 Å². The zero-order valence-electron chi connectivity index (χ0n) is 19.8. The second kappa shape index (κ2) is 11.7. The van der Waals surface area contributed by atoms with E-state index in [0.717, 1.165) is 5.56 Å². The van der Waals surface area contributed by atoms with Gasteiger partial charge in [0.15, 0.2) is 23.9 Å². The Kier molecular flexibility index (Phi) is 8.45. The molecule has 0 aliphatic carbocycles. The van der Waals surface area contributed by atoms with Gasteiger partial charge in [0.1, 0.15) is 5.75 Å². The van der Waals surface area contributed by atoms with E-state index in [-0.39, 0.29) is 18.3 Å². The normalized spacial score (nSPS) is 10.8. The molecule has 0 spiro atoms. The lowest BCUT2D eigenvalue weighted by molar-refractivity contribution is -0.118. The van der Waals surface area contributed by atoms with Crippen LogP contribution in [0.5, 0.6) is 17.2 Å². The quantitative estimate of drug-likeness (QED) is 0.332. The lowest BCUT2D eigenvalue weighted by Crippen LogP contribution is -2.20. The van der Waals surface area contributed by atoms with Crippen LogP contribution in [0.25, 0.3) is 6.08 Å². The van der Waals surface area contributed by atoms with Crippen LogP contribution in [-0.4, -0.2) is 41.8 Å². The summed E-state index contributed by atoms with van der Waals surface area (Å²) in [5.74, 6) is 1.03. The summed E-state index contributed by atoms with van der Waals surface area (Å²) >= 11 is 0. The molecule has 1 heterocycles. The van der Waals surface area contributed by atoms with E-state index in [4.69, 9.17) is 14.2 Å². The third-order valence-corrected chi connectivity index (χ3v) is 4.97. The van der Waals surface area contributed by atoms with Gasteiger partial charge >= 0.3 is 0 Å². The van der Waals surface area contributed by atoms with E-state index in [9.17, 15) is 9.59 Å². The number of para-hydroxylation sites is 2. The number of nitrogens with one attached hydrogen (secondary N) is 1. The molecular weight excluding hydrogens is 434 g/mol. The smallest absolute Gasteiger partial charge is 0.262 e. The van der Waals surface area contributed by atoms with Gasteiger partial charge in [-0.1, -0.05) is 24.3 Å². The van der Waals surface area contributed by atoms with Crippen molar-refractivity contribution in [3.63, 3.8) is 0 Å². The first-order valence-corrected chi connectivity index (χ1v) is 11.0. The third-order valence-electron chi connectivity index (χ3n) is 4.97. The number of nitrogens with zero attached hydrogens (tertiary/aromatic N) is 2. The Hall–Kier alpha value is -4.07.